The summed E-state index contributed by atoms with van der Waals surface area (Å²) in [5.74, 6) is 0. The van der Waals surface area contributed by atoms with E-state index in [1.165, 1.54) is 0 Å². The van der Waals surface area contributed by atoms with Crippen molar-refractivity contribution in [3.05, 3.63) is 24.3 Å². The van der Waals surface area contributed by atoms with E-state index in [1.807, 2.05) is 19.2 Å². The summed E-state index contributed by atoms with van der Waals surface area (Å²) >= 11 is 0. The van der Waals surface area contributed by atoms with Gasteiger partial charge in [-0.05, 0) is 13.1 Å². The van der Waals surface area contributed by atoms with E-state index in [1.54, 1.807) is 12.5 Å². The van der Waals surface area contributed by atoms with Gasteiger partial charge in [-0.3, -0.25) is 0 Å². The van der Waals surface area contributed by atoms with Crippen molar-refractivity contribution in [2.24, 2.45) is 0 Å². The molecule has 0 aromatic carbocycles. The normalized spacial score (nSPS) is 10.9. The van der Waals surface area contributed by atoms with Gasteiger partial charge < -0.3 is 10.3 Å². The molecule has 0 bridgehead atoms. The number of aromatic amines is 1. The van der Waals surface area contributed by atoms with Gasteiger partial charge in [0.2, 0.25) is 0 Å². The lowest BCUT2D eigenvalue weighted by Gasteiger charge is -1.85. The van der Waals surface area contributed by atoms with Crippen molar-refractivity contribution in [2.75, 3.05) is 13.6 Å². The number of imidazole rings is 1. The van der Waals surface area contributed by atoms with Crippen LogP contribution in [-0.2, 0) is 0 Å². The Balaban J connectivity index is 2.40. The van der Waals surface area contributed by atoms with Crippen molar-refractivity contribution < 1.29 is 0 Å². The van der Waals surface area contributed by atoms with E-state index in [0.717, 1.165) is 12.2 Å². The van der Waals surface area contributed by atoms with Crippen LogP contribution in [0.3, 0.4) is 0 Å². The van der Waals surface area contributed by atoms with Crippen LogP contribution in [0.2, 0.25) is 0 Å². The molecular weight excluding hydrogens is 126 g/mol. The van der Waals surface area contributed by atoms with Gasteiger partial charge in [0.1, 0.15) is 0 Å². The largest absolute Gasteiger partial charge is 0.345 e. The molecule has 10 heavy (non-hydrogen) atoms. The van der Waals surface area contributed by atoms with Crippen molar-refractivity contribution in [1.82, 2.24) is 15.3 Å². The van der Waals surface area contributed by atoms with Gasteiger partial charge in [-0.15, -0.1) is 0 Å². The number of H-pyrrole nitrogens is 1. The van der Waals surface area contributed by atoms with Crippen molar-refractivity contribution in [1.29, 1.82) is 0 Å². The smallest absolute Gasteiger partial charge is 0.0924 e. The average molecular weight is 137 g/mol. The molecule has 0 amide bonds. The van der Waals surface area contributed by atoms with Crippen LogP contribution in [-0.4, -0.2) is 23.6 Å². The Labute approximate surface area is 60.2 Å². The molecule has 54 valence electrons. The number of rotatable bonds is 3. The van der Waals surface area contributed by atoms with E-state index in [-0.39, 0.29) is 0 Å². The maximum absolute atomic E-state index is 3.87. The number of likely N-dealkylation sites (N-methyl/N-ethyl adjacent to an activating group) is 1. The first-order chi connectivity index (χ1) is 4.93. The highest BCUT2D eigenvalue weighted by Crippen LogP contribution is 1.92. The Morgan fingerprint density at radius 1 is 1.80 bits per heavy atom. The minimum atomic E-state index is 0.888. The van der Waals surface area contributed by atoms with Crippen molar-refractivity contribution >= 4 is 6.08 Å². The number of aromatic nitrogens is 2. The molecule has 1 aromatic heterocycles. The van der Waals surface area contributed by atoms with Crippen LogP contribution in [0.15, 0.2) is 18.6 Å². The van der Waals surface area contributed by atoms with E-state index < -0.39 is 0 Å². The second kappa shape index (κ2) is 3.85. The van der Waals surface area contributed by atoms with Gasteiger partial charge in [0.05, 0.1) is 18.2 Å². The van der Waals surface area contributed by atoms with Crippen LogP contribution in [0.5, 0.6) is 0 Å². The zero-order valence-electron chi connectivity index (χ0n) is 5.96. The fourth-order valence-electron chi connectivity index (χ4n) is 0.662. The molecule has 0 fully saturated rings. The zero-order valence-corrected chi connectivity index (χ0v) is 5.96. The summed E-state index contributed by atoms with van der Waals surface area (Å²) in [6, 6.07) is 0. The predicted molar refractivity (Wildman–Crippen MR) is 41.5 cm³/mol. The Bertz CT molecular complexity index is 189. The summed E-state index contributed by atoms with van der Waals surface area (Å²) in [4.78, 5) is 6.84. The van der Waals surface area contributed by atoms with Crippen molar-refractivity contribution in [2.45, 2.75) is 0 Å². The fraction of sp³-hybridized carbons (Fsp3) is 0.286. The number of hydrogen-bond acceptors (Lipinski definition) is 2. The Morgan fingerprint density at radius 3 is 3.30 bits per heavy atom. The van der Waals surface area contributed by atoms with Gasteiger partial charge >= 0.3 is 0 Å². The van der Waals surface area contributed by atoms with Crippen LogP contribution < -0.4 is 5.32 Å². The average Bonchev–Trinajstić information content (AvgIpc) is 2.41. The molecule has 0 aliphatic heterocycles. The first-order valence-electron chi connectivity index (χ1n) is 3.23. The van der Waals surface area contributed by atoms with E-state index in [4.69, 9.17) is 0 Å². The molecule has 0 aliphatic carbocycles. The third-order valence-corrected chi connectivity index (χ3v) is 1.14. The first kappa shape index (κ1) is 7.02. The van der Waals surface area contributed by atoms with E-state index >= 15 is 0 Å². The number of nitrogens with one attached hydrogen (secondary N) is 2. The van der Waals surface area contributed by atoms with Crippen LogP contribution >= 0.6 is 0 Å². The molecule has 3 heteroatoms. The predicted octanol–water partition coefficient (Wildman–Crippen LogP) is 0.642. The molecule has 1 aromatic rings. The third-order valence-electron chi connectivity index (χ3n) is 1.14. The third kappa shape index (κ3) is 2.03. The van der Waals surface area contributed by atoms with E-state index in [9.17, 15) is 0 Å². The van der Waals surface area contributed by atoms with Gasteiger partial charge in [0.25, 0.3) is 0 Å². The van der Waals surface area contributed by atoms with Gasteiger partial charge in [-0.2, -0.15) is 0 Å². The monoisotopic (exact) mass is 137 g/mol. The van der Waals surface area contributed by atoms with Crippen molar-refractivity contribution in [3.63, 3.8) is 0 Å². The Hall–Kier alpha value is -1.09. The maximum Gasteiger partial charge on any atom is 0.0924 e. The highest BCUT2D eigenvalue weighted by atomic mass is 14.9. The van der Waals surface area contributed by atoms with Crippen LogP contribution in [0.4, 0.5) is 0 Å². The van der Waals surface area contributed by atoms with E-state index in [2.05, 4.69) is 15.3 Å². The topological polar surface area (TPSA) is 40.7 Å². The lowest BCUT2D eigenvalue weighted by molar-refractivity contribution is 0.922. The highest BCUT2D eigenvalue weighted by molar-refractivity contribution is 5.42. The van der Waals surface area contributed by atoms with Crippen LogP contribution in [0.25, 0.3) is 6.08 Å². The molecule has 0 spiro atoms. The van der Waals surface area contributed by atoms with Crippen molar-refractivity contribution in [3.8, 4) is 0 Å². The minimum Gasteiger partial charge on any atom is -0.345 e. The second-order valence-electron chi connectivity index (χ2n) is 1.97. The maximum atomic E-state index is 3.87. The molecular formula is C7H11N3. The van der Waals surface area contributed by atoms with E-state index in [0.29, 0.717) is 0 Å². The number of nitrogens with zero attached hydrogens (tertiary/aromatic N) is 1. The first-order valence-corrected chi connectivity index (χ1v) is 3.23. The lowest BCUT2D eigenvalue weighted by Crippen LogP contribution is -2.03. The summed E-state index contributed by atoms with van der Waals surface area (Å²) in [6.45, 7) is 0.888. The molecule has 0 aliphatic rings. The highest BCUT2D eigenvalue weighted by Gasteiger charge is 1.82. The fourth-order valence-corrected chi connectivity index (χ4v) is 0.662. The van der Waals surface area contributed by atoms with Crippen LogP contribution in [0.1, 0.15) is 5.69 Å². The quantitative estimate of drug-likeness (QED) is 0.642. The second-order valence-corrected chi connectivity index (χ2v) is 1.97. The summed E-state index contributed by atoms with van der Waals surface area (Å²) < 4.78 is 0. The van der Waals surface area contributed by atoms with Gasteiger partial charge in [0, 0.05) is 6.54 Å². The zero-order chi connectivity index (χ0) is 7.23. The lowest BCUT2D eigenvalue weighted by atomic mass is 10.4. The summed E-state index contributed by atoms with van der Waals surface area (Å²) in [6.07, 6.45) is 7.47. The molecule has 2 N–H and O–H groups in total. The molecule has 0 unspecified atom stereocenters. The standard InChI is InChI=1S/C7H11N3/c1-8-4-2-3-7-5-9-6-10-7/h2-3,5-6,8H,4H2,1H3,(H,9,10). The molecule has 3 nitrogen and oxygen atoms in total. The molecule has 1 rings (SSSR count). The summed E-state index contributed by atoms with van der Waals surface area (Å²) in [7, 11) is 1.91. The summed E-state index contributed by atoms with van der Waals surface area (Å²) in [5.41, 5.74) is 1.04. The Kier molecular flexibility index (Phi) is 2.70. The van der Waals surface area contributed by atoms with Gasteiger partial charge in [0.15, 0.2) is 0 Å². The minimum absolute atomic E-state index is 0.888. The molecule has 0 saturated heterocycles. The van der Waals surface area contributed by atoms with Crippen LogP contribution in [0, 0.1) is 0 Å². The van der Waals surface area contributed by atoms with Gasteiger partial charge in [-0.25, -0.2) is 4.98 Å². The summed E-state index contributed by atoms with van der Waals surface area (Å²) in [5, 5.41) is 3.01. The molecule has 0 radical (unpaired) electrons. The number of hydrogen-bond donors (Lipinski definition) is 2. The SMILES string of the molecule is CNCC=Cc1cnc[nH]1. The van der Waals surface area contributed by atoms with Gasteiger partial charge in [-0.1, -0.05) is 6.08 Å². The molecule has 0 atom stereocenters. The molecule has 1 heterocycles. The molecule has 0 saturated carbocycles. The Morgan fingerprint density at radius 2 is 2.70 bits per heavy atom.